The molecule has 0 radical (unpaired) electrons. The summed E-state index contributed by atoms with van der Waals surface area (Å²) in [5.74, 6) is 0. The van der Waals surface area contributed by atoms with Gasteiger partial charge in [0.05, 0.1) is 5.69 Å². The monoisotopic (exact) mass is 256 g/mol. The van der Waals surface area contributed by atoms with Crippen LogP contribution in [0.1, 0.15) is 48.0 Å². The molecule has 0 N–H and O–H groups in total. The Bertz CT molecular complexity index is 595. The Labute approximate surface area is 116 Å². The molecule has 0 unspecified atom stereocenters. The van der Waals surface area contributed by atoms with E-state index in [4.69, 9.17) is 5.10 Å². The lowest BCUT2D eigenvalue weighted by atomic mass is 9.92. The fraction of sp³-hybridized carbons (Fsp3) is 0.471. The van der Waals surface area contributed by atoms with Gasteiger partial charge in [-0.2, -0.15) is 5.10 Å². The Morgan fingerprint density at radius 3 is 1.84 bits per heavy atom. The minimum atomic E-state index is 0.401. The predicted molar refractivity (Wildman–Crippen MR) is 81.7 cm³/mol. The van der Waals surface area contributed by atoms with Gasteiger partial charge in [0.2, 0.25) is 0 Å². The second kappa shape index (κ2) is 4.84. The first-order chi connectivity index (χ1) is 8.82. The highest BCUT2D eigenvalue weighted by Gasteiger charge is 2.18. The Morgan fingerprint density at radius 1 is 0.895 bits per heavy atom. The highest BCUT2D eigenvalue weighted by molar-refractivity contribution is 5.75. The van der Waals surface area contributed by atoms with Crippen molar-refractivity contribution in [3.63, 3.8) is 0 Å². The second-order valence-corrected chi connectivity index (χ2v) is 5.86. The van der Waals surface area contributed by atoms with Gasteiger partial charge in [0.1, 0.15) is 0 Å². The SMILES string of the molecule is Cc1cc(C)c(-c2c(C)nn(C(C)C)c2C)c(C)c1. The molecule has 0 aliphatic carbocycles. The zero-order valence-electron chi connectivity index (χ0n) is 13.1. The molecule has 2 nitrogen and oxygen atoms in total. The molecule has 1 aromatic carbocycles. The van der Waals surface area contributed by atoms with Crippen LogP contribution < -0.4 is 0 Å². The van der Waals surface area contributed by atoms with Crippen LogP contribution in [0.4, 0.5) is 0 Å². The van der Waals surface area contributed by atoms with E-state index in [1.165, 1.54) is 33.5 Å². The van der Waals surface area contributed by atoms with E-state index in [2.05, 4.69) is 65.3 Å². The van der Waals surface area contributed by atoms with Crippen LogP contribution in [0.25, 0.3) is 11.1 Å². The summed E-state index contributed by atoms with van der Waals surface area (Å²) in [5, 5.41) is 4.71. The van der Waals surface area contributed by atoms with Crippen molar-refractivity contribution in [3.05, 3.63) is 40.2 Å². The maximum absolute atomic E-state index is 4.71. The van der Waals surface area contributed by atoms with Gasteiger partial charge < -0.3 is 0 Å². The van der Waals surface area contributed by atoms with Crippen molar-refractivity contribution >= 4 is 0 Å². The van der Waals surface area contributed by atoms with Gasteiger partial charge in [0.25, 0.3) is 0 Å². The van der Waals surface area contributed by atoms with E-state index in [1.807, 2.05) is 0 Å². The number of benzene rings is 1. The summed E-state index contributed by atoms with van der Waals surface area (Å²) >= 11 is 0. The number of hydrogen-bond acceptors (Lipinski definition) is 1. The number of aromatic nitrogens is 2. The molecule has 2 aromatic rings. The van der Waals surface area contributed by atoms with Crippen LogP contribution in [0.2, 0.25) is 0 Å². The Hall–Kier alpha value is -1.57. The number of hydrogen-bond donors (Lipinski definition) is 0. The van der Waals surface area contributed by atoms with Gasteiger partial charge in [-0.25, -0.2) is 0 Å². The molecule has 0 fully saturated rings. The lowest BCUT2D eigenvalue weighted by Gasteiger charge is -2.13. The lowest BCUT2D eigenvalue weighted by molar-refractivity contribution is 0.516. The van der Waals surface area contributed by atoms with Crippen LogP contribution in [0.15, 0.2) is 12.1 Å². The van der Waals surface area contributed by atoms with Crippen molar-refractivity contribution < 1.29 is 0 Å². The van der Waals surface area contributed by atoms with E-state index < -0.39 is 0 Å². The first-order valence-corrected chi connectivity index (χ1v) is 6.96. The summed E-state index contributed by atoms with van der Waals surface area (Å²) in [4.78, 5) is 0. The highest BCUT2D eigenvalue weighted by atomic mass is 15.3. The number of aryl methyl sites for hydroxylation is 4. The van der Waals surface area contributed by atoms with Crippen molar-refractivity contribution in [2.45, 2.75) is 54.5 Å². The fourth-order valence-corrected chi connectivity index (χ4v) is 3.10. The van der Waals surface area contributed by atoms with Crippen LogP contribution in [0.3, 0.4) is 0 Å². The number of nitrogens with zero attached hydrogens (tertiary/aromatic N) is 2. The van der Waals surface area contributed by atoms with Gasteiger partial charge in [-0.05, 0) is 65.2 Å². The van der Waals surface area contributed by atoms with Crippen LogP contribution in [0.5, 0.6) is 0 Å². The molecule has 1 aromatic heterocycles. The topological polar surface area (TPSA) is 17.8 Å². The van der Waals surface area contributed by atoms with E-state index in [0.717, 1.165) is 5.69 Å². The Morgan fingerprint density at radius 2 is 1.42 bits per heavy atom. The molecule has 0 amide bonds. The third-order valence-electron chi connectivity index (χ3n) is 3.74. The molecule has 19 heavy (non-hydrogen) atoms. The average molecular weight is 256 g/mol. The number of rotatable bonds is 2. The molecule has 0 saturated carbocycles. The Kier molecular flexibility index (Phi) is 3.53. The average Bonchev–Trinajstić information content (AvgIpc) is 2.55. The molecule has 0 aliphatic heterocycles. The summed E-state index contributed by atoms with van der Waals surface area (Å²) in [6.45, 7) is 15.2. The first-order valence-electron chi connectivity index (χ1n) is 6.96. The first kappa shape index (κ1) is 13.9. The van der Waals surface area contributed by atoms with Gasteiger partial charge in [0, 0.05) is 17.3 Å². The summed E-state index contributed by atoms with van der Waals surface area (Å²) < 4.78 is 2.13. The van der Waals surface area contributed by atoms with E-state index in [9.17, 15) is 0 Å². The minimum Gasteiger partial charge on any atom is -0.266 e. The fourth-order valence-electron chi connectivity index (χ4n) is 3.10. The highest BCUT2D eigenvalue weighted by Crippen LogP contribution is 2.34. The van der Waals surface area contributed by atoms with Crippen LogP contribution in [-0.2, 0) is 0 Å². The molecule has 2 rings (SSSR count). The summed E-state index contributed by atoms with van der Waals surface area (Å²) in [5.41, 5.74) is 9.06. The zero-order valence-corrected chi connectivity index (χ0v) is 13.1. The van der Waals surface area contributed by atoms with Crippen molar-refractivity contribution in [2.75, 3.05) is 0 Å². The Balaban J connectivity index is 2.73. The molecule has 0 aliphatic rings. The van der Waals surface area contributed by atoms with Crippen LogP contribution >= 0.6 is 0 Å². The summed E-state index contributed by atoms with van der Waals surface area (Å²) in [6, 6.07) is 4.92. The van der Waals surface area contributed by atoms with Gasteiger partial charge in [-0.1, -0.05) is 17.7 Å². The maximum atomic E-state index is 4.71. The van der Waals surface area contributed by atoms with E-state index >= 15 is 0 Å². The summed E-state index contributed by atoms with van der Waals surface area (Å²) in [7, 11) is 0. The van der Waals surface area contributed by atoms with Crippen molar-refractivity contribution in [2.24, 2.45) is 0 Å². The molecular weight excluding hydrogens is 232 g/mol. The second-order valence-electron chi connectivity index (χ2n) is 5.86. The van der Waals surface area contributed by atoms with E-state index in [-0.39, 0.29) is 0 Å². The third-order valence-corrected chi connectivity index (χ3v) is 3.74. The van der Waals surface area contributed by atoms with Gasteiger partial charge in [0.15, 0.2) is 0 Å². The molecule has 0 spiro atoms. The predicted octanol–water partition coefficient (Wildman–Crippen LogP) is 4.67. The maximum Gasteiger partial charge on any atom is 0.0675 e. The van der Waals surface area contributed by atoms with Gasteiger partial charge in [-0.15, -0.1) is 0 Å². The standard InChI is InChI=1S/C17H24N2/c1-10(2)19-15(7)17(14(6)18-19)16-12(4)8-11(3)9-13(16)5/h8-10H,1-7H3. The zero-order chi connectivity index (χ0) is 14.3. The molecule has 0 bridgehead atoms. The van der Waals surface area contributed by atoms with Crippen molar-refractivity contribution in [3.8, 4) is 11.1 Å². The van der Waals surface area contributed by atoms with Crippen LogP contribution in [0, 0.1) is 34.6 Å². The molecule has 102 valence electrons. The van der Waals surface area contributed by atoms with Gasteiger partial charge in [-0.3, -0.25) is 4.68 Å². The molecule has 0 atom stereocenters. The minimum absolute atomic E-state index is 0.401. The summed E-state index contributed by atoms with van der Waals surface area (Å²) in [6.07, 6.45) is 0. The van der Waals surface area contributed by atoms with Crippen molar-refractivity contribution in [1.29, 1.82) is 0 Å². The molecule has 2 heteroatoms. The van der Waals surface area contributed by atoms with E-state index in [0.29, 0.717) is 6.04 Å². The van der Waals surface area contributed by atoms with Crippen molar-refractivity contribution in [1.82, 2.24) is 9.78 Å². The molecule has 1 heterocycles. The van der Waals surface area contributed by atoms with E-state index in [1.54, 1.807) is 0 Å². The normalized spacial score (nSPS) is 11.4. The largest absolute Gasteiger partial charge is 0.266 e. The van der Waals surface area contributed by atoms with Crippen LogP contribution in [-0.4, -0.2) is 9.78 Å². The quantitative estimate of drug-likeness (QED) is 0.763. The molecular formula is C17H24N2. The molecule has 0 saturated heterocycles. The smallest absolute Gasteiger partial charge is 0.0675 e. The lowest BCUT2D eigenvalue weighted by Crippen LogP contribution is -2.05. The third kappa shape index (κ3) is 2.32. The van der Waals surface area contributed by atoms with Gasteiger partial charge >= 0.3 is 0 Å².